The number of carbonyl (C=O) groups is 1. The molecular weight excluding hydrogens is 328 g/mol. The lowest BCUT2D eigenvalue weighted by Gasteiger charge is -2.58. The molecule has 0 aromatic rings. The second kappa shape index (κ2) is 4.75. The van der Waals surface area contributed by atoms with Gasteiger partial charge in [0.25, 0.3) is 0 Å². The van der Waals surface area contributed by atoms with Crippen LogP contribution in [-0.2, 0) is 14.3 Å². The Balaban J connectivity index is 1.40. The molecule has 1 N–H and O–H groups in total. The van der Waals surface area contributed by atoms with Crippen LogP contribution in [0, 0.1) is 28.6 Å². The molecule has 9 atom stereocenters. The van der Waals surface area contributed by atoms with Gasteiger partial charge in [0.15, 0.2) is 0 Å². The van der Waals surface area contributed by atoms with E-state index in [1.165, 1.54) is 18.4 Å². The predicted octanol–water partition coefficient (Wildman–Crippen LogP) is 3.37. The number of ether oxygens (including phenoxy) is 2. The van der Waals surface area contributed by atoms with E-state index >= 15 is 0 Å². The minimum Gasteiger partial charge on any atom is -0.458 e. The molecule has 0 aromatic heterocycles. The van der Waals surface area contributed by atoms with Gasteiger partial charge in [-0.3, -0.25) is 4.79 Å². The number of carbonyl (C=O) groups excluding carboxylic acids is 1. The van der Waals surface area contributed by atoms with Crippen molar-refractivity contribution < 1.29 is 19.4 Å². The maximum Gasteiger partial charge on any atom is 0.306 e. The van der Waals surface area contributed by atoms with Crippen molar-refractivity contribution in [1.29, 1.82) is 0 Å². The van der Waals surface area contributed by atoms with Crippen LogP contribution in [0.3, 0.4) is 0 Å². The number of epoxide rings is 1. The first-order valence-electron chi connectivity index (χ1n) is 10.7. The van der Waals surface area contributed by atoms with E-state index in [1.807, 2.05) is 0 Å². The predicted molar refractivity (Wildman–Crippen MR) is 95.2 cm³/mol. The first kappa shape index (κ1) is 16.1. The van der Waals surface area contributed by atoms with Gasteiger partial charge in [-0.1, -0.05) is 19.9 Å². The molecule has 4 heteroatoms. The maximum atomic E-state index is 12.0. The molecule has 0 radical (unpaired) electrons. The number of esters is 1. The summed E-state index contributed by atoms with van der Waals surface area (Å²) >= 11 is 0. The molecular formula is C22H30O4. The van der Waals surface area contributed by atoms with Crippen molar-refractivity contribution in [3.8, 4) is 0 Å². The van der Waals surface area contributed by atoms with Crippen molar-refractivity contribution in [1.82, 2.24) is 0 Å². The van der Waals surface area contributed by atoms with Gasteiger partial charge >= 0.3 is 5.97 Å². The van der Waals surface area contributed by atoms with Crippen molar-refractivity contribution in [3.63, 3.8) is 0 Å². The van der Waals surface area contributed by atoms with Gasteiger partial charge < -0.3 is 14.6 Å². The van der Waals surface area contributed by atoms with Crippen LogP contribution in [0.25, 0.3) is 0 Å². The maximum absolute atomic E-state index is 12.0. The van der Waals surface area contributed by atoms with Gasteiger partial charge in [0.1, 0.15) is 11.7 Å². The van der Waals surface area contributed by atoms with Crippen LogP contribution < -0.4 is 0 Å². The fourth-order valence-electron chi connectivity index (χ4n) is 8.25. The fraction of sp³-hybridized carbons (Fsp3) is 0.864. The summed E-state index contributed by atoms with van der Waals surface area (Å²) in [5.74, 6) is 1.86. The molecule has 4 nitrogen and oxygen atoms in total. The quantitative estimate of drug-likeness (QED) is 0.410. The summed E-state index contributed by atoms with van der Waals surface area (Å²) < 4.78 is 12.3. The van der Waals surface area contributed by atoms with Crippen LogP contribution in [0.2, 0.25) is 0 Å². The van der Waals surface area contributed by atoms with Gasteiger partial charge in [-0.15, -0.1) is 0 Å². The van der Waals surface area contributed by atoms with E-state index in [9.17, 15) is 9.90 Å². The average molecular weight is 358 g/mol. The number of fused-ring (bicyclic) bond motifs is 9. The van der Waals surface area contributed by atoms with Crippen LogP contribution in [0.15, 0.2) is 11.6 Å². The minimum absolute atomic E-state index is 0.0108. The molecule has 6 aliphatic rings. The van der Waals surface area contributed by atoms with Crippen molar-refractivity contribution in [2.75, 3.05) is 0 Å². The fourth-order valence-corrected chi connectivity index (χ4v) is 8.25. The molecule has 1 spiro atoms. The van der Waals surface area contributed by atoms with E-state index in [-0.39, 0.29) is 34.6 Å². The molecule has 0 bridgehead atoms. The number of hydrogen-bond donors (Lipinski definition) is 1. The highest BCUT2D eigenvalue weighted by Gasteiger charge is 2.72. The molecule has 142 valence electrons. The minimum atomic E-state index is -0.291. The van der Waals surface area contributed by atoms with Gasteiger partial charge in [-0.25, -0.2) is 0 Å². The number of aliphatic hydroxyl groups excluding tert-OH is 1. The zero-order valence-corrected chi connectivity index (χ0v) is 15.9. The standard InChI is InChI=1S/C22H30O4/c1-20-7-3-12(23)11-15(20)18-19(25-18)17-13(20)4-8-21(2)14(17)5-9-22(21)10-6-16(24)26-22/h11-14,17-19,23H,3-10H2,1-2H3/t12-,13+,14+,17-,18+,19-,20-,21+,22-/m1/s1. The summed E-state index contributed by atoms with van der Waals surface area (Å²) in [6.45, 7) is 4.85. The van der Waals surface area contributed by atoms with Crippen molar-refractivity contribution in [2.45, 2.75) is 89.1 Å². The average Bonchev–Trinajstić information content (AvgIpc) is 3.23. The van der Waals surface area contributed by atoms with E-state index in [2.05, 4.69) is 19.9 Å². The zero-order chi connectivity index (χ0) is 17.9. The lowest BCUT2D eigenvalue weighted by molar-refractivity contribution is -0.167. The van der Waals surface area contributed by atoms with Crippen molar-refractivity contribution in [3.05, 3.63) is 11.6 Å². The second-order valence-electron chi connectivity index (χ2n) is 10.4. The highest BCUT2D eigenvalue weighted by Crippen LogP contribution is 2.72. The number of rotatable bonds is 0. The van der Waals surface area contributed by atoms with E-state index < -0.39 is 0 Å². The Morgan fingerprint density at radius 2 is 1.88 bits per heavy atom. The molecule has 4 aliphatic carbocycles. The Hall–Kier alpha value is -0.870. The molecule has 3 saturated carbocycles. The smallest absolute Gasteiger partial charge is 0.306 e. The van der Waals surface area contributed by atoms with Gasteiger partial charge in [-0.2, -0.15) is 0 Å². The molecule has 0 amide bonds. The molecule has 2 aliphatic heterocycles. The Labute approximate surface area is 155 Å². The Morgan fingerprint density at radius 1 is 1.08 bits per heavy atom. The van der Waals surface area contributed by atoms with Crippen molar-refractivity contribution >= 4 is 5.97 Å². The second-order valence-corrected chi connectivity index (χ2v) is 10.4. The van der Waals surface area contributed by atoms with Crippen LogP contribution in [0.5, 0.6) is 0 Å². The summed E-state index contributed by atoms with van der Waals surface area (Å²) in [5, 5.41) is 10.2. The summed E-state index contributed by atoms with van der Waals surface area (Å²) in [6, 6.07) is 0. The van der Waals surface area contributed by atoms with E-state index in [4.69, 9.17) is 9.47 Å². The highest BCUT2D eigenvalue weighted by atomic mass is 16.6. The van der Waals surface area contributed by atoms with Crippen LogP contribution >= 0.6 is 0 Å². The first-order chi connectivity index (χ1) is 12.4. The Kier molecular flexibility index (Phi) is 2.94. The first-order valence-corrected chi connectivity index (χ1v) is 10.7. The Bertz CT molecular complexity index is 715. The van der Waals surface area contributed by atoms with Gasteiger partial charge in [0, 0.05) is 11.8 Å². The lowest BCUT2D eigenvalue weighted by Crippen LogP contribution is -2.56. The molecule has 2 saturated heterocycles. The summed E-state index contributed by atoms with van der Waals surface area (Å²) in [6.07, 6.45) is 10.5. The third-order valence-corrected chi connectivity index (χ3v) is 9.69. The van der Waals surface area contributed by atoms with Crippen LogP contribution in [0.1, 0.15) is 65.2 Å². The number of aliphatic hydroxyl groups is 1. The summed E-state index contributed by atoms with van der Waals surface area (Å²) in [5.41, 5.74) is 1.49. The molecule has 5 fully saturated rings. The van der Waals surface area contributed by atoms with Gasteiger partial charge in [0.2, 0.25) is 0 Å². The molecule has 2 heterocycles. The summed E-state index contributed by atoms with van der Waals surface area (Å²) in [7, 11) is 0. The van der Waals surface area contributed by atoms with E-state index in [1.54, 1.807) is 0 Å². The third kappa shape index (κ3) is 1.72. The van der Waals surface area contributed by atoms with Crippen LogP contribution in [-0.4, -0.2) is 35.0 Å². The normalized spacial score (nSPS) is 59.8. The monoisotopic (exact) mass is 358 g/mol. The molecule has 26 heavy (non-hydrogen) atoms. The summed E-state index contributed by atoms with van der Waals surface area (Å²) in [4.78, 5) is 12.0. The largest absolute Gasteiger partial charge is 0.458 e. The molecule has 0 aromatic carbocycles. The Morgan fingerprint density at radius 3 is 2.65 bits per heavy atom. The third-order valence-electron chi connectivity index (χ3n) is 9.69. The highest BCUT2D eigenvalue weighted by molar-refractivity contribution is 5.72. The molecule has 6 rings (SSSR count). The van der Waals surface area contributed by atoms with E-state index in [0.717, 1.165) is 32.1 Å². The SMILES string of the molecule is C[C@]12CC[C@@H](O)C=C1[C@@H]1O[C@@H]1[C@@H]1[C@@H]2CC[C@@]2(C)[C@H]1CC[C@@]21CCC(=O)O1. The number of hydrogen-bond acceptors (Lipinski definition) is 4. The molecule has 0 unspecified atom stereocenters. The van der Waals surface area contributed by atoms with Crippen molar-refractivity contribution in [2.24, 2.45) is 28.6 Å². The zero-order valence-electron chi connectivity index (χ0n) is 15.9. The van der Waals surface area contributed by atoms with Crippen LogP contribution in [0.4, 0.5) is 0 Å². The van der Waals surface area contributed by atoms with Gasteiger partial charge in [-0.05, 0) is 73.7 Å². The van der Waals surface area contributed by atoms with Gasteiger partial charge in [0.05, 0.1) is 12.2 Å². The lowest BCUT2D eigenvalue weighted by atomic mass is 9.46. The van der Waals surface area contributed by atoms with E-state index in [0.29, 0.717) is 30.3 Å². The topological polar surface area (TPSA) is 59.1 Å².